The van der Waals surface area contributed by atoms with Gasteiger partial charge in [-0.1, -0.05) is 18.2 Å². The molecule has 1 aromatic carbocycles. The van der Waals surface area contributed by atoms with E-state index in [0.717, 1.165) is 6.42 Å². The van der Waals surface area contributed by atoms with Gasteiger partial charge in [-0.15, -0.1) is 0 Å². The van der Waals surface area contributed by atoms with Crippen molar-refractivity contribution < 1.29 is 14.0 Å². The summed E-state index contributed by atoms with van der Waals surface area (Å²) in [7, 11) is 0. The molecule has 98 valence electrons. The molecule has 5 heteroatoms. The van der Waals surface area contributed by atoms with Crippen molar-refractivity contribution in [2.75, 3.05) is 0 Å². The molecule has 2 aliphatic rings. The quantitative estimate of drug-likeness (QED) is 0.813. The van der Waals surface area contributed by atoms with Crippen LogP contribution in [0, 0.1) is 5.82 Å². The minimum atomic E-state index is -0.683. The molecule has 1 aliphatic heterocycles. The first-order valence-corrected chi connectivity index (χ1v) is 6.25. The highest BCUT2D eigenvalue weighted by Gasteiger charge is 2.35. The Balaban J connectivity index is 2.11. The van der Waals surface area contributed by atoms with Crippen LogP contribution < -0.4 is 10.6 Å². The van der Waals surface area contributed by atoms with Crippen molar-refractivity contribution in [3.05, 3.63) is 46.9 Å². The lowest BCUT2D eigenvalue weighted by Crippen LogP contribution is -2.46. The molecule has 0 bridgehead atoms. The van der Waals surface area contributed by atoms with Crippen molar-refractivity contribution in [2.24, 2.45) is 0 Å². The Morgan fingerprint density at radius 1 is 1.16 bits per heavy atom. The Kier molecular flexibility index (Phi) is 2.81. The van der Waals surface area contributed by atoms with Gasteiger partial charge in [0.1, 0.15) is 5.82 Å². The third-order valence-corrected chi connectivity index (χ3v) is 3.50. The van der Waals surface area contributed by atoms with Crippen LogP contribution in [0.1, 0.15) is 30.9 Å². The van der Waals surface area contributed by atoms with Gasteiger partial charge < -0.3 is 10.6 Å². The predicted octanol–water partition coefficient (Wildman–Crippen LogP) is 2.19. The van der Waals surface area contributed by atoms with Crippen LogP contribution in [0.15, 0.2) is 35.5 Å². The van der Waals surface area contributed by atoms with Crippen LogP contribution in [0.3, 0.4) is 0 Å². The summed E-state index contributed by atoms with van der Waals surface area (Å²) in [6, 6.07) is 5.13. The summed E-state index contributed by atoms with van der Waals surface area (Å²) in [5, 5.41) is 5.29. The normalized spacial score (nSPS) is 22.7. The molecule has 0 saturated carbocycles. The van der Waals surface area contributed by atoms with Crippen molar-refractivity contribution >= 4 is 11.8 Å². The molecule has 4 nitrogen and oxygen atoms in total. The highest BCUT2D eigenvalue weighted by Crippen LogP contribution is 2.34. The van der Waals surface area contributed by atoms with Crippen molar-refractivity contribution in [1.82, 2.24) is 10.6 Å². The molecule has 0 saturated heterocycles. The van der Waals surface area contributed by atoms with Gasteiger partial charge in [0, 0.05) is 23.3 Å². The molecule has 1 heterocycles. The summed E-state index contributed by atoms with van der Waals surface area (Å²) < 4.78 is 13.9. The highest BCUT2D eigenvalue weighted by atomic mass is 19.1. The first-order valence-electron chi connectivity index (χ1n) is 6.25. The Morgan fingerprint density at radius 2 is 1.95 bits per heavy atom. The number of urea groups is 1. The molecule has 0 unspecified atom stereocenters. The maximum absolute atomic E-state index is 13.9. The van der Waals surface area contributed by atoms with Gasteiger partial charge in [-0.3, -0.25) is 4.79 Å². The average molecular weight is 260 g/mol. The molecule has 3 rings (SSSR count). The van der Waals surface area contributed by atoms with E-state index in [9.17, 15) is 14.0 Å². The monoisotopic (exact) mass is 260 g/mol. The van der Waals surface area contributed by atoms with Crippen LogP contribution in [-0.4, -0.2) is 11.8 Å². The van der Waals surface area contributed by atoms with E-state index in [1.54, 1.807) is 18.2 Å². The number of nitrogens with one attached hydrogen (secondary N) is 2. The summed E-state index contributed by atoms with van der Waals surface area (Å²) >= 11 is 0. The van der Waals surface area contributed by atoms with Crippen molar-refractivity contribution in [2.45, 2.75) is 25.3 Å². The molecule has 1 aliphatic carbocycles. The van der Waals surface area contributed by atoms with E-state index in [0.29, 0.717) is 29.7 Å². The van der Waals surface area contributed by atoms with Crippen LogP contribution in [0.2, 0.25) is 0 Å². The number of carbonyl (C=O) groups is 2. The molecular weight excluding hydrogens is 247 g/mol. The molecule has 0 aromatic heterocycles. The number of halogens is 1. The molecule has 0 radical (unpaired) electrons. The maximum atomic E-state index is 13.9. The van der Waals surface area contributed by atoms with E-state index in [-0.39, 0.29) is 11.8 Å². The zero-order valence-electron chi connectivity index (χ0n) is 10.2. The largest absolute Gasteiger partial charge is 0.327 e. The second kappa shape index (κ2) is 4.50. The summed E-state index contributed by atoms with van der Waals surface area (Å²) in [6.07, 6.45) is 1.82. The Labute approximate surface area is 109 Å². The summed E-state index contributed by atoms with van der Waals surface area (Å²) in [5.41, 5.74) is 1.46. The number of hydrogen-bond acceptors (Lipinski definition) is 2. The Morgan fingerprint density at radius 3 is 2.74 bits per heavy atom. The molecule has 19 heavy (non-hydrogen) atoms. The third kappa shape index (κ3) is 2.01. The van der Waals surface area contributed by atoms with Gasteiger partial charge >= 0.3 is 6.03 Å². The minimum Gasteiger partial charge on any atom is -0.327 e. The lowest BCUT2D eigenvalue weighted by atomic mass is 9.85. The molecule has 2 amide bonds. The Bertz CT molecular complexity index is 595. The first kappa shape index (κ1) is 11.9. The van der Waals surface area contributed by atoms with Crippen LogP contribution >= 0.6 is 0 Å². The van der Waals surface area contributed by atoms with Gasteiger partial charge in [-0.05, 0) is 18.9 Å². The van der Waals surface area contributed by atoms with E-state index in [1.807, 2.05) is 0 Å². The van der Waals surface area contributed by atoms with Crippen LogP contribution in [0.5, 0.6) is 0 Å². The number of allylic oxidation sites excluding steroid dienone is 1. The van der Waals surface area contributed by atoms with Gasteiger partial charge in [-0.2, -0.15) is 0 Å². The summed E-state index contributed by atoms with van der Waals surface area (Å²) in [6.45, 7) is 0. The SMILES string of the molecule is O=C1NC2=C(C(=O)CCC2)[C@H](c2ccccc2F)N1. The van der Waals surface area contributed by atoms with Crippen LogP contribution in [-0.2, 0) is 4.79 Å². The molecule has 1 aromatic rings. The minimum absolute atomic E-state index is 0.0259. The van der Waals surface area contributed by atoms with Gasteiger partial charge in [0.05, 0.1) is 6.04 Å². The fourth-order valence-electron chi connectivity index (χ4n) is 2.65. The van der Waals surface area contributed by atoms with E-state index in [2.05, 4.69) is 10.6 Å². The standard InChI is InChI=1S/C14H13FN2O2/c15-9-5-2-1-4-8(9)13-12-10(16-14(19)17-13)6-3-7-11(12)18/h1-2,4-5,13H,3,6-7H2,(H2,16,17,19)/t13-/m0/s1. The smallest absolute Gasteiger partial charge is 0.319 e. The van der Waals surface area contributed by atoms with E-state index in [1.165, 1.54) is 6.07 Å². The van der Waals surface area contributed by atoms with Crippen molar-refractivity contribution in [3.8, 4) is 0 Å². The van der Waals surface area contributed by atoms with Crippen molar-refractivity contribution in [1.29, 1.82) is 0 Å². The van der Waals surface area contributed by atoms with Gasteiger partial charge in [0.25, 0.3) is 0 Å². The molecule has 0 spiro atoms. The molecule has 2 N–H and O–H groups in total. The zero-order chi connectivity index (χ0) is 13.4. The second-order valence-corrected chi connectivity index (χ2v) is 4.72. The molecule has 0 fully saturated rings. The predicted molar refractivity (Wildman–Crippen MR) is 66.7 cm³/mol. The first-order chi connectivity index (χ1) is 9.16. The van der Waals surface area contributed by atoms with E-state index < -0.39 is 11.9 Å². The average Bonchev–Trinajstić information content (AvgIpc) is 2.38. The number of amides is 2. The van der Waals surface area contributed by atoms with Gasteiger partial charge in [0.15, 0.2) is 5.78 Å². The fraction of sp³-hybridized carbons (Fsp3) is 0.286. The summed E-state index contributed by atoms with van der Waals surface area (Å²) in [4.78, 5) is 23.7. The molecule has 1 atom stereocenters. The number of carbonyl (C=O) groups excluding carboxylic acids is 2. The van der Waals surface area contributed by atoms with Crippen molar-refractivity contribution in [3.63, 3.8) is 0 Å². The van der Waals surface area contributed by atoms with E-state index in [4.69, 9.17) is 0 Å². The van der Waals surface area contributed by atoms with Gasteiger partial charge in [-0.25, -0.2) is 9.18 Å². The highest BCUT2D eigenvalue weighted by molar-refractivity contribution is 6.00. The Hall–Kier alpha value is -2.17. The van der Waals surface area contributed by atoms with E-state index >= 15 is 0 Å². The number of benzene rings is 1. The summed E-state index contributed by atoms with van der Waals surface area (Å²) in [5.74, 6) is -0.443. The fourth-order valence-corrected chi connectivity index (χ4v) is 2.65. The maximum Gasteiger partial charge on any atom is 0.319 e. The van der Waals surface area contributed by atoms with Gasteiger partial charge in [0.2, 0.25) is 0 Å². The number of ketones is 1. The lowest BCUT2D eigenvalue weighted by molar-refractivity contribution is -0.116. The zero-order valence-corrected chi connectivity index (χ0v) is 10.2. The molecular formula is C14H13FN2O2. The number of rotatable bonds is 1. The second-order valence-electron chi connectivity index (χ2n) is 4.72. The van der Waals surface area contributed by atoms with Crippen LogP contribution in [0.4, 0.5) is 9.18 Å². The lowest BCUT2D eigenvalue weighted by Gasteiger charge is -2.32. The number of Topliss-reactive ketones (excluding diaryl/α,β-unsaturated/α-hetero) is 1. The third-order valence-electron chi connectivity index (χ3n) is 3.50. The number of hydrogen-bond donors (Lipinski definition) is 2. The van der Waals surface area contributed by atoms with Crippen LogP contribution in [0.25, 0.3) is 0 Å². The topological polar surface area (TPSA) is 58.2 Å².